The minimum atomic E-state index is -1.18. The van der Waals surface area contributed by atoms with Gasteiger partial charge in [-0.15, -0.1) is 0 Å². The number of quaternary nitrogens is 1. The molecule has 1 atom stereocenters. The summed E-state index contributed by atoms with van der Waals surface area (Å²) < 4.78 is 5.63. The van der Waals surface area contributed by atoms with Gasteiger partial charge in [-0.2, -0.15) is 0 Å². The molecule has 1 aromatic carbocycles. The Morgan fingerprint density at radius 3 is 2.48 bits per heavy atom. The van der Waals surface area contributed by atoms with Crippen LogP contribution in [0.15, 0.2) is 48.8 Å². The van der Waals surface area contributed by atoms with Crippen LogP contribution in [0.1, 0.15) is 15.9 Å². The van der Waals surface area contributed by atoms with Gasteiger partial charge in [0.05, 0.1) is 19.6 Å². The van der Waals surface area contributed by atoms with E-state index < -0.39 is 5.97 Å². The first kappa shape index (κ1) is 15.0. The summed E-state index contributed by atoms with van der Waals surface area (Å²) in [6.07, 6.45) is 4.54. The van der Waals surface area contributed by atoms with Crippen molar-refractivity contribution < 1.29 is 19.5 Å². The number of carbonyl (C=O) groups is 1. The lowest BCUT2D eigenvalue weighted by Gasteiger charge is -2.15. The second-order valence-electron chi connectivity index (χ2n) is 4.91. The van der Waals surface area contributed by atoms with Crippen molar-refractivity contribution >= 4 is 5.97 Å². The third-order valence-corrected chi connectivity index (χ3v) is 3.17. The predicted octanol–water partition coefficient (Wildman–Crippen LogP) is -0.461. The molecule has 1 heterocycles. The summed E-state index contributed by atoms with van der Waals surface area (Å²) in [4.78, 5) is 15.9. The fraction of sp³-hybridized carbons (Fsp3) is 0.250. The molecule has 0 spiro atoms. The monoisotopic (exact) mass is 286 g/mol. The number of pyridine rings is 1. The summed E-state index contributed by atoms with van der Waals surface area (Å²) in [6.45, 7) is 1.47. The van der Waals surface area contributed by atoms with Gasteiger partial charge in [-0.1, -0.05) is 0 Å². The minimum Gasteiger partial charge on any atom is -0.545 e. The van der Waals surface area contributed by atoms with Gasteiger partial charge in [0.15, 0.2) is 0 Å². The number of carboxylic acids is 1. The van der Waals surface area contributed by atoms with Crippen LogP contribution >= 0.6 is 0 Å². The molecule has 0 aliphatic carbocycles. The van der Waals surface area contributed by atoms with Gasteiger partial charge in [-0.3, -0.25) is 4.98 Å². The van der Waals surface area contributed by atoms with Crippen LogP contribution in [-0.4, -0.2) is 31.3 Å². The number of carboxylic acid groups (broad SMARTS) is 1. The highest BCUT2D eigenvalue weighted by atomic mass is 16.5. The van der Waals surface area contributed by atoms with Crippen molar-refractivity contribution in [3.05, 3.63) is 59.9 Å². The van der Waals surface area contributed by atoms with E-state index in [1.54, 1.807) is 24.5 Å². The Hall–Kier alpha value is -2.40. The van der Waals surface area contributed by atoms with Crippen molar-refractivity contribution in [3.8, 4) is 5.75 Å². The number of hydrogen-bond acceptors (Lipinski definition) is 4. The summed E-state index contributed by atoms with van der Waals surface area (Å²) in [7, 11) is 2.05. The van der Waals surface area contributed by atoms with Crippen LogP contribution in [0.3, 0.4) is 0 Å². The number of likely N-dealkylation sites (N-methyl/N-ethyl adjacent to an activating group) is 1. The number of aromatic nitrogens is 1. The molecule has 0 radical (unpaired) electrons. The molecule has 1 unspecified atom stereocenters. The normalized spacial score (nSPS) is 11.9. The number of benzene rings is 1. The molecule has 5 nitrogen and oxygen atoms in total. The molecule has 5 heteroatoms. The van der Waals surface area contributed by atoms with Crippen LogP contribution in [0.2, 0.25) is 0 Å². The maximum absolute atomic E-state index is 10.6. The van der Waals surface area contributed by atoms with Crippen molar-refractivity contribution in [2.24, 2.45) is 0 Å². The van der Waals surface area contributed by atoms with E-state index in [4.69, 9.17) is 4.74 Å². The van der Waals surface area contributed by atoms with E-state index >= 15 is 0 Å². The molecule has 1 N–H and O–H groups in total. The maximum atomic E-state index is 10.6. The number of carbonyl (C=O) groups excluding carboxylic acids is 1. The Morgan fingerprint density at radius 2 is 1.86 bits per heavy atom. The third-order valence-electron chi connectivity index (χ3n) is 3.17. The van der Waals surface area contributed by atoms with Gasteiger partial charge in [0.1, 0.15) is 5.75 Å². The summed E-state index contributed by atoms with van der Waals surface area (Å²) in [6, 6.07) is 10.3. The summed E-state index contributed by atoms with van der Waals surface area (Å²) in [5, 5.41) is 10.6. The first-order valence-corrected chi connectivity index (χ1v) is 6.79. The maximum Gasteiger partial charge on any atom is 0.222 e. The number of rotatable bonds is 7. The molecule has 2 aromatic rings. The zero-order chi connectivity index (χ0) is 15.1. The number of aromatic carboxylic acids is 1. The van der Waals surface area contributed by atoms with Crippen LogP contribution in [-0.2, 0) is 6.42 Å². The van der Waals surface area contributed by atoms with Crippen LogP contribution < -0.4 is 14.7 Å². The van der Waals surface area contributed by atoms with Crippen LogP contribution in [0.25, 0.3) is 0 Å². The molecule has 21 heavy (non-hydrogen) atoms. The smallest absolute Gasteiger partial charge is 0.222 e. The van der Waals surface area contributed by atoms with Crippen LogP contribution in [0, 0.1) is 0 Å². The molecule has 0 amide bonds. The van der Waals surface area contributed by atoms with Crippen molar-refractivity contribution in [1.29, 1.82) is 0 Å². The molecule has 0 bridgehead atoms. The quantitative estimate of drug-likeness (QED) is 0.699. The molecular weight excluding hydrogens is 268 g/mol. The summed E-state index contributed by atoms with van der Waals surface area (Å²) >= 11 is 0. The van der Waals surface area contributed by atoms with E-state index in [0.29, 0.717) is 12.5 Å². The van der Waals surface area contributed by atoms with E-state index in [2.05, 4.69) is 12.0 Å². The van der Waals surface area contributed by atoms with Gasteiger partial charge in [-0.05, 0) is 47.5 Å². The second-order valence-corrected chi connectivity index (χ2v) is 4.91. The van der Waals surface area contributed by atoms with E-state index in [0.717, 1.165) is 13.0 Å². The fourth-order valence-corrected chi connectivity index (χ4v) is 1.87. The van der Waals surface area contributed by atoms with E-state index in [1.807, 2.05) is 12.1 Å². The number of nitrogens with one attached hydrogen (secondary N) is 1. The molecule has 0 fully saturated rings. The fourth-order valence-electron chi connectivity index (χ4n) is 1.87. The third kappa shape index (κ3) is 4.89. The zero-order valence-electron chi connectivity index (χ0n) is 11.9. The van der Waals surface area contributed by atoms with E-state index in [9.17, 15) is 9.90 Å². The van der Waals surface area contributed by atoms with Crippen molar-refractivity contribution in [2.75, 3.05) is 20.3 Å². The Kier molecular flexibility index (Phi) is 5.29. The topological polar surface area (TPSA) is 66.7 Å². The number of hydrogen-bond donors (Lipinski definition) is 1. The first-order valence-electron chi connectivity index (χ1n) is 6.79. The summed E-state index contributed by atoms with van der Waals surface area (Å²) in [5.41, 5.74) is 1.41. The molecule has 0 aliphatic rings. The van der Waals surface area contributed by atoms with Crippen LogP contribution in [0.5, 0.6) is 5.75 Å². The molecule has 2 rings (SSSR count). The minimum absolute atomic E-state index is 0.153. The number of nitrogens with zero attached hydrogens (tertiary/aromatic N) is 1. The highest BCUT2D eigenvalue weighted by Gasteiger charge is 2.04. The van der Waals surface area contributed by atoms with E-state index in [1.165, 1.54) is 22.6 Å². The number of ether oxygens (including phenoxy) is 1. The second kappa shape index (κ2) is 7.40. The molecule has 1 aromatic heterocycles. The molecule has 0 aliphatic heterocycles. The molecule has 0 saturated carbocycles. The Morgan fingerprint density at radius 1 is 1.19 bits per heavy atom. The zero-order valence-corrected chi connectivity index (χ0v) is 11.9. The molecule has 0 saturated heterocycles. The standard InChI is InChI=1S/C16H18N2O3/c1-18(11-8-13-6-9-17-10-7-13)12-21-15-4-2-14(3-5-15)16(19)20/h2-7,9-10H,8,11-12H2,1H3,(H,19,20). The van der Waals surface area contributed by atoms with Gasteiger partial charge in [0.2, 0.25) is 6.73 Å². The average molecular weight is 286 g/mol. The summed E-state index contributed by atoms with van der Waals surface area (Å²) in [5.74, 6) is -0.523. The largest absolute Gasteiger partial charge is 0.545 e. The average Bonchev–Trinajstić information content (AvgIpc) is 2.52. The lowest BCUT2D eigenvalue weighted by molar-refractivity contribution is -0.895. The predicted molar refractivity (Wildman–Crippen MR) is 76.0 cm³/mol. The lowest BCUT2D eigenvalue weighted by atomic mass is 10.2. The molecular formula is C16H18N2O3. The van der Waals surface area contributed by atoms with Gasteiger partial charge in [0, 0.05) is 18.8 Å². The van der Waals surface area contributed by atoms with Crippen molar-refractivity contribution in [2.45, 2.75) is 6.42 Å². The Bertz CT molecular complexity index is 570. The van der Waals surface area contributed by atoms with Gasteiger partial charge in [-0.25, -0.2) is 0 Å². The Balaban J connectivity index is 1.75. The van der Waals surface area contributed by atoms with Gasteiger partial charge < -0.3 is 19.5 Å². The van der Waals surface area contributed by atoms with Crippen LogP contribution in [0.4, 0.5) is 0 Å². The highest BCUT2D eigenvalue weighted by Crippen LogP contribution is 2.10. The van der Waals surface area contributed by atoms with Crippen molar-refractivity contribution in [1.82, 2.24) is 4.98 Å². The first-order chi connectivity index (χ1) is 10.1. The van der Waals surface area contributed by atoms with Gasteiger partial charge in [0.25, 0.3) is 0 Å². The highest BCUT2D eigenvalue weighted by molar-refractivity contribution is 5.85. The SMILES string of the molecule is C[NH+](CCc1ccncc1)COc1ccc(C(=O)[O-])cc1. The Labute approximate surface area is 123 Å². The lowest BCUT2D eigenvalue weighted by Crippen LogP contribution is -3.10. The molecule has 110 valence electrons. The van der Waals surface area contributed by atoms with Gasteiger partial charge >= 0.3 is 0 Å². The van der Waals surface area contributed by atoms with E-state index in [-0.39, 0.29) is 5.56 Å². The van der Waals surface area contributed by atoms with Crippen molar-refractivity contribution in [3.63, 3.8) is 0 Å².